The molecule has 3 aromatic heterocycles. The summed E-state index contributed by atoms with van der Waals surface area (Å²) < 4.78 is 8.81. The second-order valence-corrected chi connectivity index (χ2v) is 10.2. The molecule has 0 spiro atoms. The molecule has 41 heavy (non-hydrogen) atoms. The van der Waals surface area contributed by atoms with Gasteiger partial charge in [0.25, 0.3) is 0 Å². The number of furan rings is 1. The molecular formula is C37H25N3O. The number of para-hydroxylation sites is 3. The summed E-state index contributed by atoms with van der Waals surface area (Å²) in [4.78, 5) is 9.99. The number of imidazole rings is 1. The molecule has 0 radical (unpaired) electrons. The number of fused-ring (bicyclic) bond motifs is 4. The zero-order valence-corrected chi connectivity index (χ0v) is 22.5. The van der Waals surface area contributed by atoms with Crippen LogP contribution in [0.25, 0.3) is 72.3 Å². The van der Waals surface area contributed by atoms with Crippen LogP contribution in [0, 0.1) is 6.92 Å². The molecule has 0 amide bonds. The van der Waals surface area contributed by atoms with E-state index in [1.807, 2.05) is 24.4 Å². The van der Waals surface area contributed by atoms with Gasteiger partial charge in [-0.1, -0.05) is 109 Å². The highest BCUT2D eigenvalue weighted by Gasteiger charge is 2.24. The maximum Gasteiger partial charge on any atom is 0.149 e. The van der Waals surface area contributed by atoms with Gasteiger partial charge in [0.05, 0.1) is 28.0 Å². The van der Waals surface area contributed by atoms with Crippen LogP contribution in [0.3, 0.4) is 0 Å². The van der Waals surface area contributed by atoms with Crippen molar-refractivity contribution in [3.63, 3.8) is 0 Å². The lowest BCUT2D eigenvalue weighted by molar-refractivity contribution is 0.669. The number of nitrogens with zero attached hydrogens (tertiary/aromatic N) is 3. The van der Waals surface area contributed by atoms with E-state index in [1.165, 1.54) is 0 Å². The molecule has 0 atom stereocenters. The van der Waals surface area contributed by atoms with Gasteiger partial charge in [-0.15, -0.1) is 0 Å². The van der Waals surface area contributed by atoms with E-state index in [2.05, 4.69) is 121 Å². The minimum atomic E-state index is 0.821. The van der Waals surface area contributed by atoms with Crippen LogP contribution in [0.15, 0.2) is 138 Å². The number of hydrogen-bond acceptors (Lipinski definition) is 3. The molecule has 8 rings (SSSR count). The van der Waals surface area contributed by atoms with E-state index in [4.69, 9.17) is 14.4 Å². The van der Waals surface area contributed by atoms with Crippen molar-refractivity contribution in [2.75, 3.05) is 0 Å². The first-order valence-corrected chi connectivity index (χ1v) is 13.8. The first kappa shape index (κ1) is 23.4. The fourth-order valence-electron chi connectivity index (χ4n) is 5.99. The standard InChI is InChI=1S/C37H25N3O/c1-24-34-32(22-23-38-24)39-37(31-20-11-19-30-29-16-8-9-21-33(29)41-36(30)31)40(34)35-27(25-12-4-2-5-13-25)17-10-18-28(35)26-14-6-3-7-15-26/h2-23H,1H3. The second-order valence-electron chi connectivity index (χ2n) is 10.2. The summed E-state index contributed by atoms with van der Waals surface area (Å²) in [6, 6.07) is 44.2. The fraction of sp³-hybridized carbons (Fsp3) is 0.0270. The summed E-state index contributed by atoms with van der Waals surface area (Å²) in [5, 5.41) is 2.17. The van der Waals surface area contributed by atoms with E-state index in [-0.39, 0.29) is 0 Å². The maximum atomic E-state index is 6.52. The van der Waals surface area contributed by atoms with E-state index in [1.54, 1.807) is 0 Å². The van der Waals surface area contributed by atoms with Crippen molar-refractivity contribution >= 4 is 33.0 Å². The van der Waals surface area contributed by atoms with Gasteiger partial charge in [0.1, 0.15) is 17.0 Å². The summed E-state index contributed by atoms with van der Waals surface area (Å²) in [5.74, 6) is 0.821. The Bertz CT molecular complexity index is 2150. The van der Waals surface area contributed by atoms with Crippen molar-refractivity contribution in [3.8, 4) is 39.3 Å². The van der Waals surface area contributed by atoms with E-state index < -0.39 is 0 Å². The Morgan fingerprint density at radius 1 is 0.585 bits per heavy atom. The minimum absolute atomic E-state index is 0.821. The monoisotopic (exact) mass is 527 g/mol. The Kier molecular flexibility index (Phi) is 5.32. The van der Waals surface area contributed by atoms with E-state index in [9.17, 15) is 0 Å². The van der Waals surface area contributed by atoms with E-state index in [0.29, 0.717) is 0 Å². The highest BCUT2D eigenvalue weighted by Crippen LogP contribution is 2.43. The Hall–Kier alpha value is -5.48. The first-order valence-electron chi connectivity index (χ1n) is 13.8. The second kappa shape index (κ2) is 9.32. The zero-order chi connectivity index (χ0) is 27.3. The molecule has 4 heteroatoms. The Labute approximate surface area is 237 Å². The third kappa shape index (κ3) is 3.69. The Balaban J connectivity index is 1.55. The van der Waals surface area contributed by atoms with Crippen molar-refractivity contribution in [3.05, 3.63) is 139 Å². The molecule has 0 aliphatic carbocycles. The van der Waals surface area contributed by atoms with Gasteiger partial charge in [-0.05, 0) is 36.2 Å². The average Bonchev–Trinajstić information content (AvgIpc) is 3.61. The molecule has 194 valence electrons. The first-order chi connectivity index (χ1) is 20.3. The van der Waals surface area contributed by atoms with Crippen LogP contribution in [0.2, 0.25) is 0 Å². The van der Waals surface area contributed by atoms with Crippen LogP contribution in [0.1, 0.15) is 5.69 Å². The van der Waals surface area contributed by atoms with Gasteiger partial charge in [0.15, 0.2) is 0 Å². The predicted molar refractivity (Wildman–Crippen MR) is 167 cm³/mol. The topological polar surface area (TPSA) is 43.9 Å². The molecule has 0 saturated heterocycles. The maximum absolute atomic E-state index is 6.52. The SMILES string of the molecule is Cc1nccc2nc(-c3cccc4c3oc3ccccc34)n(-c3c(-c4ccccc4)cccc3-c3ccccc3)c12. The molecule has 0 fully saturated rings. The van der Waals surface area contributed by atoms with Crippen molar-refractivity contribution in [1.82, 2.24) is 14.5 Å². The van der Waals surface area contributed by atoms with Crippen LogP contribution in [-0.2, 0) is 0 Å². The summed E-state index contributed by atoms with van der Waals surface area (Å²) in [6.07, 6.45) is 1.84. The molecule has 3 heterocycles. The lowest BCUT2D eigenvalue weighted by Crippen LogP contribution is -2.04. The van der Waals surface area contributed by atoms with E-state index >= 15 is 0 Å². The molecule has 0 saturated carbocycles. The number of benzene rings is 5. The molecule has 0 aliphatic heterocycles. The molecule has 8 aromatic rings. The van der Waals surface area contributed by atoms with E-state index in [0.717, 1.165) is 78.0 Å². The fourth-order valence-corrected chi connectivity index (χ4v) is 5.99. The summed E-state index contributed by atoms with van der Waals surface area (Å²) in [7, 11) is 0. The van der Waals surface area contributed by atoms with Crippen LogP contribution < -0.4 is 0 Å². The average molecular weight is 528 g/mol. The third-order valence-electron chi connectivity index (χ3n) is 7.82. The van der Waals surface area contributed by atoms with Crippen LogP contribution >= 0.6 is 0 Å². The van der Waals surface area contributed by atoms with Crippen molar-refractivity contribution in [1.29, 1.82) is 0 Å². The Morgan fingerprint density at radius 3 is 1.93 bits per heavy atom. The van der Waals surface area contributed by atoms with Crippen LogP contribution in [0.4, 0.5) is 0 Å². The van der Waals surface area contributed by atoms with Gasteiger partial charge in [0, 0.05) is 28.1 Å². The number of hydrogen-bond donors (Lipinski definition) is 0. The largest absolute Gasteiger partial charge is 0.455 e. The predicted octanol–water partition coefficient (Wildman–Crippen LogP) is 9.63. The van der Waals surface area contributed by atoms with Crippen LogP contribution in [0.5, 0.6) is 0 Å². The quantitative estimate of drug-likeness (QED) is 0.229. The molecular weight excluding hydrogens is 502 g/mol. The molecule has 0 unspecified atom stereocenters. The summed E-state index contributed by atoms with van der Waals surface area (Å²) >= 11 is 0. The lowest BCUT2D eigenvalue weighted by Gasteiger charge is -2.20. The zero-order valence-electron chi connectivity index (χ0n) is 22.5. The molecule has 4 nitrogen and oxygen atoms in total. The van der Waals surface area contributed by atoms with Crippen molar-refractivity contribution in [2.24, 2.45) is 0 Å². The van der Waals surface area contributed by atoms with Gasteiger partial charge >= 0.3 is 0 Å². The third-order valence-corrected chi connectivity index (χ3v) is 7.82. The lowest BCUT2D eigenvalue weighted by atomic mass is 9.95. The minimum Gasteiger partial charge on any atom is -0.455 e. The number of rotatable bonds is 4. The molecule has 0 aliphatic rings. The van der Waals surface area contributed by atoms with Crippen molar-refractivity contribution in [2.45, 2.75) is 6.92 Å². The molecule has 0 bridgehead atoms. The highest BCUT2D eigenvalue weighted by atomic mass is 16.3. The summed E-state index contributed by atoms with van der Waals surface area (Å²) in [5.41, 5.74) is 11.0. The smallest absolute Gasteiger partial charge is 0.149 e. The highest BCUT2D eigenvalue weighted by molar-refractivity contribution is 6.09. The molecule has 5 aromatic carbocycles. The van der Waals surface area contributed by atoms with Gasteiger partial charge < -0.3 is 4.42 Å². The molecule has 0 N–H and O–H groups in total. The van der Waals surface area contributed by atoms with Crippen LogP contribution in [-0.4, -0.2) is 14.5 Å². The van der Waals surface area contributed by atoms with Gasteiger partial charge in [-0.25, -0.2) is 4.98 Å². The number of aryl methyl sites for hydroxylation is 1. The van der Waals surface area contributed by atoms with Gasteiger partial charge in [0.2, 0.25) is 0 Å². The summed E-state index contributed by atoms with van der Waals surface area (Å²) in [6.45, 7) is 2.05. The van der Waals surface area contributed by atoms with Gasteiger partial charge in [-0.2, -0.15) is 0 Å². The number of aromatic nitrogens is 3. The van der Waals surface area contributed by atoms with Gasteiger partial charge in [-0.3, -0.25) is 9.55 Å². The Morgan fingerprint density at radius 2 is 1.20 bits per heavy atom. The van der Waals surface area contributed by atoms with Crippen molar-refractivity contribution < 1.29 is 4.42 Å². The number of pyridine rings is 1. The normalized spacial score (nSPS) is 11.5.